The Kier molecular flexibility index (Phi) is 7.70. The highest BCUT2D eigenvalue weighted by Gasteiger charge is 2.32. The van der Waals surface area contributed by atoms with E-state index in [1.165, 1.54) is 13.0 Å². The van der Waals surface area contributed by atoms with E-state index < -0.39 is 40.1 Å². The molecule has 3 aromatic rings. The zero-order valence-electron chi connectivity index (χ0n) is 17.3. The smallest absolute Gasteiger partial charge is 0.304 e. The Labute approximate surface area is 193 Å². The number of nitrogens with zero attached hydrogens (tertiary/aromatic N) is 1. The Morgan fingerprint density at radius 3 is 2.33 bits per heavy atom. The quantitative estimate of drug-likeness (QED) is 0.192. The molecule has 2 N–H and O–H groups in total. The van der Waals surface area contributed by atoms with E-state index in [1.54, 1.807) is 54.6 Å². The minimum atomic E-state index is -1.40. The first kappa shape index (κ1) is 23.8. The second-order valence-electron chi connectivity index (χ2n) is 6.97. The van der Waals surface area contributed by atoms with Gasteiger partial charge in [0.15, 0.2) is 23.7 Å². The number of nitro benzene ring substituents is 1. The molecular formula is C23H19ClFN3O5. The van der Waals surface area contributed by atoms with Crippen LogP contribution in [0.3, 0.4) is 0 Å². The van der Waals surface area contributed by atoms with E-state index in [9.17, 15) is 24.1 Å². The first-order chi connectivity index (χ1) is 15.8. The highest BCUT2D eigenvalue weighted by atomic mass is 35.5. The summed E-state index contributed by atoms with van der Waals surface area (Å²) in [7, 11) is 0. The molecule has 0 aromatic heterocycles. The molecule has 3 aromatic carbocycles. The Balaban J connectivity index is 1.80. The lowest BCUT2D eigenvalue weighted by Crippen LogP contribution is -2.50. The molecule has 2 atom stereocenters. The molecular weight excluding hydrogens is 453 g/mol. The van der Waals surface area contributed by atoms with Crippen molar-refractivity contribution in [2.45, 2.75) is 19.1 Å². The van der Waals surface area contributed by atoms with Crippen LogP contribution in [0.1, 0.15) is 17.3 Å². The maximum atomic E-state index is 13.9. The summed E-state index contributed by atoms with van der Waals surface area (Å²) in [4.78, 5) is 36.1. The molecule has 0 aliphatic heterocycles. The molecule has 0 fully saturated rings. The number of ketones is 2. The van der Waals surface area contributed by atoms with Gasteiger partial charge in [0.05, 0.1) is 10.6 Å². The summed E-state index contributed by atoms with van der Waals surface area (Å²) in [6, 6.07) is 16.2. The van der Waals surface area contributed by atoms with Crippen molar-refractivity contribution >= 4 is 34.5 Å². The van der Waals surface area contributed by atoms with Gasteiger partial charge in [0.2, 0.25) is 5.82 Å². The van der Waals surface area contributed by atoms with Gasteiger partial charge in [0.25, 0.3) is 0 Å². The van der Waals surface area contributed by atoms with Crippen molar-refractivity contribution in [1.29, 1.82) is 0 Å². The normalized spacial score (nSPS) is 12.5. The maximum Gasteiger partial charge on any atom is 0.304 e. The molecule has 3 rings (SSSR count). The van der Waals surface area contributed by atoms with Crippen LogP contribution in [-0.4, -0.2) is 28.6 Å². The summed E-state index contributed by atoms with van der Waals surface area (Å²) >= 11 is 5.86. The van der Waals surface area contributed by atoms with Crippen LogP contribution < -0.4 is 15.6 Å². The minimum absolute atomic E-state index is 0.0861. The largest absolute Gasteiger partial charge is 0.483 e. The number of Topliss-reactive ketones (excluding diaryl/α,β-unsaturated/α-hetero) is 2. The number of carbonyl (C=O) groups is 2. The lowest BCUT2D eigenvalue weighted by atomic mass is 9.98. The lowest BCUT2D eigenvalue weighted by Gasteiger charge is -2.22. The summed E-state index contributed by atoms with van der Waals surface area (Å²) < 4.78 is 19.6. The van der Waals surface area contributed by atoms with E-state index >= 15 is 0 Å². The summed E-state index contributed by atoms with van der Waals surface area (Å²) in [6.45, 7) is 1.50. The van der Waals surface area contributed by atoms with Gasteiger partial charge in [0, 0.05) is 22.7 Å². The van der Waals surface area contributed by atoms with Crippen molar-refractivity contribution in [3.8, 4) is 5.75 Å². The van der Waals surface area contributed by atoms with Crippen molar-refractivity contribution in [3.05, 3.63) is 99.3 Å². The highest BCUT2D eigenvalue weighted by molar-refractivity contribution is 6.30. The number of rotatable bonds is 10. The predicted molar refractivity (Wildman–Crippen MR) is 121 cm³/mol. The van der Waals surface area contributed by atoms with Gasteiger partial charge in [-0.3, -0.25) is 19.7 Å². The van der Waals surface area contributed by atoms with E-state index in [2.05, 4.69) is 10.9 Å². The van der Waals surface area contributed by atoms with Crippen LogP contribution in [0.15, 0.2) is 72.8 Å². The number of ether oxygens (including phenoxy) is 1. The molecule has 0 heterocycles. The van der Waals surface area contributed by atoms with Crippen LogP contribution in [0, 0.1) is 15.9 Å². The fourth-order valence-electron chi connectivity index (χ4n) is 2.93. The van der Waals surface area contributed by atoms with Crippen LogP contribution in [-0.2, 0) is 4.79 Å². The minimum Gasteiger partial charge on any atom is -0.483 e. The third-order valence-electron chi connectivity index (χ3n) is 4.64. The van der Waals surface area contributed by atoms with Gasteiger partial charge in [-0.1, -0.05) is 41.9 Å². The monoisotopic (exact) mass is 471 g/mol. The van der Waals surface area contributed by atoms with Gasteiger partial charge in [-0.2, -0.15) is 4.39 Å². The number of anilines is 1. The topological polar surface area (TPSA) is 111 Å². The van der Waals surface area contributed by atoms with Crippen molar-refractivity contribution in [2.75, 3.05) is 5.43 Å². The zero-order chi connectivity index (χ0) is 24.0. The van der Waals surface area contributed by atoms with E-state index in [0.717, 1.165) is 12.1 Å². The second-order valence-corrected chi connectivity index (χ2v) is 7.41. The summed E-state index contributed by atoms with van der Waals surface area (Å²) in [5, 5.41) is 11.3. The molecule has 0 aliphatic rings. The van der Waals surface area contributed by atoms with Gasteiger partial charge in [0.1, 0.15) is 5.75 Å². The lowest BCUT2D eigenvalue weighted by molar-refractivity contribution is -0.387. The Bertz CT molecular complexity index is 1160. The molecule has 170 valence electrons. The maximum absolute atomic E-state index is 13.9. The molecule has 10 heteroatoms. The molecule has 0 spiro atoms. The number of halogens is 2. The summed E-state index contributed by atoms with van der Waals surface area (Å²) in [5.74, 6) is -1.81. The number of hydrazine groups is 1. The third kappa shape index (κ3) is 6.12. The van der Waals surface area contributed by atoms with Gasteiger partial charge in [-0.05, 0) is 37.3 Å². The molecule has 0 bridgehead atoms. The van der Waals surface area contributed by atoms with E-state index in [4.69, 9.17) is 16.3 Å². The molecule has 0 saturated heterocycles. The molecule has 33 heavy (non-hydrogen) atoms. The first-order valence-electron chi connectivity index (χ1n) is 9.77. The summed E-state index contributed by atoms with van der Waals surface area (Å²) in [6.07, 6.45) is -1.02. The number of benzene rings is 3. The number of nitro groups is 1. The highest BCUT2D eigenvalue weighted by Crippen LogP contribution is 2.21. The van der Waals surface area contributed by atoms with Gasteiger partial charge in [-0.25, -0.2) is 5.43 Å². The van der Waals surface area contributed by atoms with Crippen molar-refractivity contribution in [3.63, 3.8) is 0 Å². The molecule has 0 aliphatic carbocycles. The molecule has 8 nitrogen and oxygen atoms in total. The number of carbonyl (C=O) groups excluding carboxylic acids is 2. The van der Waals surface area contributed by atoms with Crippen molar-refractivity contribution in [2.24, 2.45) is 0 Å². The average molecular weight is 472 g/mol. The van der Waals surface area contributed by atoms with E-state index in [0.29, 0.717) is 10.8 Å². The SMILES string of the molecule is CC(Oc1ccc(Cl)cc1)C(=O)C(NNc1ccc([N+](=O)[O-])c(F)c1)C(=O)c1ccccc1. The van der Waals surface area contributed by atoms with Crippen LogP contribution in [0.5, 0.6) is 5.75 Å². The summed E-state index contributed by atoms with van der Waals surface area (Å²) in [5.41, 5.74) is 4.85. The van der Waals surface area contributed by atoms with Crippen molar-refractivity contribution in [1.82, 2.24) is 5.43 Å². The zero-order valence-corrected chi connectivity index (χ0v) is 18.1. The average Bonchev–Trinajstić information content (AvgIpc) is 2.80. The molecule has 0 saturated carbocycles. The van der Waals surface area contributed by atoms with Gasteiger partial charge >= 0.3 is 5.69 Å². The fourth-order valence-corrected chi connectivity index (χ4v) is 3.06. The number of hydrogen-bond donors (Lipinski definition) is 2. The Morgan fingerprint density at radius 1 is 1.06 bits per heavy atom. The van der Waals surface area contributed by atoms with Crippen LogP contribution in [0.2, 0.25) is 5.02 Å². The molecule has 0 radical (unpaired) electrons. The van der Waals surface area contributed by atoms with Crippen LogP contribution >= 0.6 is 11.6 Å². The first-order valence-corrected chi connectivity index (χ1v) is 10.1. The van der Waals surface area contributed by atoms with Gasteiger partial charge < -0.3 is 10.2 Å². The van der Waals surface area contributed by atoms with Gasteiger partial charge in [-0.15, -0.1) is 0 Å². The Morgan fingerprint density at radius 2 is 1.73 bits per heavy atom. The fraction of sp³-hybridized carbons (Fsp3) is 0.130. The predicted octanol–water partition coefficient (Wildman–Crippen LogP) is 4.59. The van der Waals surface area contributed by atoms with E-state index in [1.807, 2.05) is 0 Å². The van der Waals surface area contributed by atoms with Crippen LogP contribution in [0.25, 0.3) is 0 Å². The second kappa shape index (κ2) is 10.7. The van der Waals surface area contributed by atoms with E-state index in [-0.39, 0.29) is 11.3 Å². The van der Waals surface area contributed by atoms with Crippen molar-refractivity contribution < 1.29 is 23.6 Å². The molecule has 0 amide bonds. The number of hydrogen-bond acceptors (Lipinski definition) is 7. The third-order valence-corrected chi connectivity index (χ3v) is 4.89. The number of nitrogens with one attached hydrogen (secondary N) is 2. The molecule has 2 unspecified atom stereocenters. The Hall–Kier alpha value is -3.82. The van der Waals surface area contributed by atoms with Crippen LogP contribution in [0.4, 0.5) is 15.8 Å². The standard InChI is InChI=1S/C23H19ClFN3O5/c1-14(33-18-10-7-16(24)8-11-18)22(29)21(23(30)15-5-3-2-4-6-15)27-26-17-9-12-20(28(31)32)19(25)13-17/h2-14,21,26-27H,1H3.